The van der Waals surface area contributed by atoms with Crippen LogP contribution in [-0.2, 0) is 10.0 Å². The van der Waals surface area contributed by atoms with Gasteiger partial charge in [-0.25, -0.2) is 17.9 Å². The van der Waals surface area contributed by atoms with Gasteiger partial charge < -0.3 is 10.0 Å². The van der Waals surface area contributed by atoms with Gasteiger partial charge in [0.15, 0.2) is 0 Å². The summed E-state index contributed by atoms with van der Waals surface area (Å²) in [6.07, 6.45) is 0.953. The first-order chi connectivity index (χ1) is 8.90. The Balaban J connectivity index is 2.06. The summed E-state index contributed by atoms with van der Waals surface area (Å²) >= 11 is 0.916. The van der Waals surface area contributed by atoms with Crippen molar-refractivity contribution in [2.45, 2.75) is 11.3 Å². The van der Waals surface area contributed by atoms with Crippen LogP contribution in [0.4, 0.5) is 0 Å². The molecule has 6 nitrogen and oxygen atoms in total. The van der Waals surface area contributed by atoms with Crippen molar-refractivity contribution < 1.29 is 18.3 Å². The first-order valence-electron chi connectivity index (χ1n) is 5.89. The third kappa shape index (κ3) is 3.33. The van der Waals surface area contributed by atoms with Crippen LogP contribution in [0.1, 0.15) is 16.1 Å². The van der Waals surface area contributed by atoms with E-state index in [9.17, 15) is 13.2 Å². The molecule has 1 unspecified atom stereocenters. The third-order valence-electron chi connectivity index (χ3n) is 3.16. The van der Waals surface area contributed by atoms with E-state index >= 15 is 0 Å². The van der Waals surface area contributed by atoms with Crippen LogP contribution < -0.4 is 4.72 Å². The zero-order valence-electron chi connectivity index (χ0n) is 10.5. The molecule has 1 fully saturated rings. The molecule has 1 aliphatic heterocycles. The number of hydrogen-bond acceptors (Lipinski definition) is 5. The monoisotopic (exact) mass is 304 g/mol. The quantitative estimate of drug-likeness (QED) is 0.835. The van der Waals surface area contributed by atoms with Crippen LogP contribution in [0.25, 0.3) is 0 Å². The average Bonchev–Trinajstić information content (AvgIpc) is 2.94. The standard InChI is InChI=1S/C11H16N2O4S2/c1-13-4-2-8(7-13)6-12-19(16,17)9-3-5-18-10(9)11(14)15/h3,5,8,12H,2,4,6-7H2,1H3,(H,14,15). The molecule has 1 saturated heterocycles. The van der Waals surface area contributed by atoms with Crippen molar-refractivity contribution in [2.75, 3.05) is 26.7 Å². The van der Waals surface area contributed by atoms with E-state index in [4.69, 9.17) is 5.11 Å². The summed E-state index contributed by atoms with van der Waals surface area (Å²) in [6, 6.07) is 1.33. The van der Waals surface area contributed by atoms with Gasteiger partial charge in [-0.15, -0.1) is 11.3 Å². The van der Waals surface area contributed by atoms with Crippen LogP contribution in [0.15, 0.2) is 16.3 Å². The van der Waals surface area contributed by atoms with E-state index in [-0.39, 0.29) is 15.7 Å². The molecule has 19 heavy (non-hydrogen) atoms. The summed E-state index contributed by atoms with van der Waals surface area (Å²) in [5, 5.41) is 10.4. The molecule has 1 atom stereocenters. The first kappa shape index (κ1) is 14.4. The predicted molar refractivity (Wildman–Crippen MR) is 72.1 cm³/mol. The van der Waals surface area contributed by atoms with Gasteiger partial charge in [-0.3, -0.25) is 0 Å². The Morgan fingerprint density at radius 1 is 1.63 bits per heavy atom. The second-order valence-electron chi connectivity index (χ2n) is 4.69. The fraction of sp³-hybridized carbons (Fsp3) is 0.545. The summed E-state index contributed by atoms with van der Waals surface area (Å²) in [7, 11) is -1.74. The first-order valence-corrected chi connectivity index (χ1v) is 8.25. The highest BCUT2D eigenvalue weighted by Gasteiger charge is 2.26. The second kappa shape index (κ2) is 5.58. The van der Waals surface area contributed by atoms with E-state index in [0.29, 0.717) is 6.54 Å². The highest BCUT2D eigenvalue weighted by atomic mass is 32.2. The van der Waals surface area contributed by atoms with Crippen molar-refractivity contribution in [1.82, 2.24) is 9.62 Å². The van der Waals surface area contributed by atoms with Crippen molar-refractivity contribution in [1.29, 1.82) is 0 Å². The normalized spacial score (nSPS) is 20.8. The van der Waals surface area contributed by atoms with Crippen LogP contribution in [-0.4, -0.2) is 51.1 Å². The number of nitrogens with one attached hydrogen (secondary N) is 1. The second-order valence-corrected chi connectivity index (χ2v) is 7.34. The Morgan fingerprint density at radius 2 is 2.37 bits per heavy atom. The highest BCUT2D eigenvalue weighted by molar-refractivity contribution is 7.89. The molecule has 1 aliphatic rings. The van der Waals surface area contributed by atoms with E-state index in [1.165, 1.54) is 11.4 Å². The molecule has 0 radical (unpaired) electrons. The molecule has 1 aromatic heterocycles. The lowest BCUT2D eigenvalue weighted by molar-refractivity contribution is 0.0698. The maximum Gasteiger partial charge on any atom is 0.347 e. The Bertz CT molecular complexity index is 567. The zero-order chi connectivity index (χ0) is 14.0. The predicted octanol–water partition coefficient (Wildman–Crippen LogP) is 0.676. The molecule has 106 valence electrons. The fourth-order valence-electron chi connectivity index (χ4n) is 2.16. The minimum atomic E-state index is -3.74. The third-order valence-corrected chi connectivity index (χ3v) is 5.66. The molecular formula is C11H16N2O4S2. The number of carboxylic acid groups (broad SMARTS) is 1. The molecule has 8 heteroatoms. The van der Waals surface area contributed by atoms with Crippen LogP contribution >= 0.6 is 11.3 Å². The van der Waals surface area contributed by atoms with Crippen LogP contribution in [0.5, 0.6) is 0 Å². The van der Waals surface area contributed by atoms with Gasteiger partial charge in [-0.05, 0) is 37.4 Å². The molecule has 0 saturated carbocycles. The number of hydrogen-bond donors (Lipinski definition) is 2. The van der Waals surface area contributed by atoms with Crippen LogP contribution in [0.3, 0.4) is 0 Å². The maximum atomic E-state index is 12.1. The van der Waals surface area contributed by atoms with Gasteiger partial charge in [-0.1, -0.05) is 0 Å². The van der Waals surface area contributed by atoms with E-state index in [1.54, 1.807) is 0 Å². The molecule has 0 bridgehead atoms. The Labute approximate surface area is 116 Å². The van der Waals surface area contributed by atoms with E-state index in [2.05, 4.69) is 9.62 Å². The zero-order valence-corrected chi connectivity index (χ0v) is 12.1. The average molecular weight is 304 g/mol. The maximum absolute atomic E-state index is 12.1. The van der Waals surface area contributed by atoms with Gasteiger partial charge >= 0.3 is 5.97 Å². The minimum Gasteiger partial charge on any atom is -0.477 e. The molecule has 0 aliphatic carbocycles. The summed E-state index contributed by atoms with van der Waals surface area (Å²) in [5.74, 6) is -0.928. The number of nitrogens with zero attached hydrogens (tertiary/aromatic N) is 1. The smallest absolute Gasteiger partial charge is 0.347 e. The van der Waals surface area contributed by atoms with E-state index < -0.39 is 16.0 Å². The van der Waals surface area contributed by atoms with Gasteiger partial charge in [0.1, 0.15) is 9.77 Å². The van der Waals surface area contributed by atoms with Gasteiger partial charge in [-0.2, -0.15) is 0 Å². The minimum absolute atomic E-state index is 0.142. The lowest BCUT2D eigenvalue weighted by Gasteiger charge is -2.12. The number of thiophene rings is 1. The number of aromatic carboxylic acids is 1. The molecule has 0 spiro atoms. The van der Waals surface area contributed by atoms with E-state index in [1.807, 2.05) is 7.05 Å². The van der Waals surface area contributed by atoms with E-state index in [0.717, 1.165) is 30.8 Å². The Kier molecular flexibility index (Phi) is 4.24. The van der Waals surface area contributed by atoms with Crippen molar-refractivity contribution in [3.8, 4) is 0 Å². The lowest BCUT2D eigenvalue weighted by atomic mass is 10.1. The molecule has 1 aromatic rings. The summed E-state index contributed by atoms with van der Waals surface area (Å²) in [5.41, 5.74) is 0. The summed E-state index contributed by atoms with van der Waals surface area (Å²) in [6.45, 7) is 2.17. The SMILES string of the molecule is CN1CCC(CNS(=O)(=O)c2ccsc2C(=O)O)C1. The molecule has 0 aromatic carbocycles. The van der Waals surface area contributed by atoms with Gasteiger partial charge in [0.25, 0.3) is 0 Å². The topological polar surface area (TPSA) is 86.7 Å². The highest BCUT2D eigenvalue weighted by Crippen LogP contribution is 2.22. The Morgan fingerprint density at radius 3 is 2.95 bits per heavy atom. The Hall–Kier alpha value is -0.960. The molecule has 2 rings (SSSR count). The molecule has 0 amide bonds. The fourth-order valence-corrected chi connectivity index (χ4v) is 4.54. The van der Waals surface area contributed by atoms with Crippen molar-refractivity contribution in [3.05, 3.63) is 16.3 Å². The molecule has 2 N–H and O–H groups in total. The number of likely N-dealkylation sites (tertiary alicyclic amines) is 1. The summed E-state index contributed by atoms with van der Waals surface area (Å²) < 4.78 is 26.7. The number of carboxylic acids is 1. The lowest BCUT2D eigenvalue weighted by Crippen LogP contribution is -2.31. The van der Waals surface area contributed by atoms with Crippen molar-refractivity contribution in [3.63, 3.8) is 0 Å². The van der Waals surface area contributed by atoms with Crippen LogP contribution in [0.2, 0.25) is 0 Å². The number of sulfonamides is 1. The van der Waals surface area contributed by atoms with Gasteiger partial charge in [0.2, 0.25) is 10.0 Å². The number of rotatable bonds is 5. The summed E-state index contributed by atoms with van der Waals surface area (Å²) in [4.78, 5) is 12.8. The van der Waals surface area contributed by atoms with Gasteiger partial charge in [0, 0.05) is 13.1 Å². The van der Waals surface area contributed by atoms with Gasteiger partial charge in [0.05, 0.1) is 0 Å². The molecular weight excluding hydrogens is 288 g/mol. The number of carbonyl (C=O) groups is 1. The van der Waals surface area contributed by atoms with Crippen molar-refractivity contribution in [2.24, 2.45) is 5.92 Å². The molecule has 2 heterocycles. The van der Waals surface area contributed by atoms with Crippen molar-refractivity contribution >= 4 is 27.3 Å². The van der Waals surface area contributed by atoms with Crippen LogP contribution in [0, 0.1) is 5.92 Å². The largest absolute Gasteiger partial charge is 0.477 e.